The molecule has 1 unspecified atom stereocenters. The number of nitrogens with one attached hydrogen (secondary N) is 1. The molecule has 0 amide bonds. The Kier molecular flexibility index (Phi) is 2.93. The Morgan fingerprint density at radius 3 is 2.94 bits per heavy atom. The Labute approximate surface area is 91.5 Å². The van der Waals surface area contributed by atoms with E-state index >= 15 is 0 Å². The van der Waals surface area contributed by atoms with Crippen LogP contribution in [0.4, 0.5) is 0 Å². The van der Waals surface area contributed by atoms with E-state index in [9.17, 15) is 9.59 Å². The average Bonchev–Trinajstić information content (AvgIpc) is 2.60. The molecule has 1 saturated heterocycles. The fraction of sp³-hybridized carbons (Fsp3) is 0.600. The molecule has 0 spiro atoms. The molecule has 1 aliphatic rings. The zero-order valence-corrected chi connectivity index (χ0v) is 8.92. The number of nitrogens with zero attached hydrogens (tertiary/aromatic N) is 1. The second kappa shape index (κ2) is 4.23. The first-order valence-electron chi connectivity index (χ1n) is 5.19. The first-order valence-corrected chi connectivity index (χ1v) is 5.19. The Balaban J connectivity index is 2.31. The van der Waals surface area contributed by atoms with Gasteiger partial charge in [-0.1, -0.05) is 6.92 Å². The Morgan fingerprint density at radius 1 is 1.62 bits per heavy atom. The highest BCUT2D eigenvalue weighted by Gasteiger charge is 2.33. The highest BCUT2D eigenvalue weighted by atomic mass is 16.5. The number of aromatic amines is 1. The van der Waals surface area contributed by atoms with Crippen molar-refractivity contribution in [2.45, 2.75) is 25.7 Å². The summed E-state index contributed by atoms with van der Waals surface area (Å²) in [6.07, 6.45) is 1.47. The summed E-state index contributed by atoms with van der Waals surface area (Å²) in [7, 11) is 0. The Morgan fingerprint density at radius 2 is 2.38 bits per heavy atom. The van der Waals surface area contributed by atoms with Gasteiger partial charge in [-0.25, -0.2) is 4.79 Å². The molecule has 2 N–H and O–H groups in total. The maximum absolute atomic E-state index is 11.5. The van der Waals surface area contributed by atoms with Gasteiger partial charge in [0.05, 0.1) is 12.7 Å². The molecule has 1 aromatic heterocycles. The molecule has 1 aliphatic heterocycles. The van der Waals surface area contributed by atoms with Crippen LogP contribution in [0, 0.1) is 5.92 Å². The number of hydrogen-bond acceptors (Lipinski definition) is 4. The largest absolute Gasteiger partial charge is 0.394 e. The number of H-pyrrole nitrogens is 1. The van der Waals surface area contributed by atoms with Crippen molar-refractivity contribution in [1.29, 1.82) is 0 Å². The molecule has 1 fully saturated rings. The molecule has 0 saturated carbocycles. The summed E-state index contributed by atoms with van der Waals surface area (Å²) < 4.78 is 6.87. The minimum Gasteiger partial charge on any atom is -0.394 e. The van der Waals surface area contributed by atoms with E-state index < -0.39 is 17.5 Å². The van der Waals surface area contributed by atoms with Crippen molar-refractivity contribution in [3.05, 3.63) is 33.1 Å². The lowest BCUT2D eigenvalue weighted by molar-refractivity contribution is -0.0336. The molecular formula is C10H14N2O4. The van der Waals surface area contributed by atoms with Gasteiger partial charge in [0.25, 0.3) is 5.56 Å². The lowest BCUT2D eigenvalue weighted by Gasteiger charge is -2.17. The van der Waals surface area contributed by atoms with Gasteiger partial charge >= 0.3 is 5.69 Å². The normalized spacial score (nSPS) is 29.5. The van der Waals surface area contributed by atoms with Gasteiger partial charge in [0.1, 0.15) is 6.23 Å². The maximum atomic E-state index is 11.5. The number of aromatic nitrogens is 2. The third kappa shape index (κ3) is 1.94. The first-order chi connectivity index (χ1) is 7.61. The van der Waals surface area contributed by atoms with E-state index in [1.54, 1.807) is 0 Å². The number of rotatable bonds is 2. The summed E-state index contributed by atoms with van der Waals surface area (Å²) in [6, 6.07) is 1.28. The van der Waals surface area contributed by atoms with Crippen molar-refractivity contribution in [3.8, 4) is 0 Å². The predicted octanol–water partition coefficient (Wildman–Crippen LogP) is -0.547. The van der Waals surface area contributed by atoms with Crippen LogP contribution < -0.4 is 11.2 Å². The van der Waals surface area contributed by atoms with Gasteiger partial charge in [-0.15, -0.1) is 0 Å². The molecule has 2 heterocycles. The molecule has 0 aliphatic carbocycles. The number of aliphatic hydroxyl groups excluding tert-OH is 1. The zero-order valence-electron chi connectivity index (χ0n) is 8.92. The van der Waals surface area contributed by atoms with Crippen molar-refractivity contribution in [2.75, 3.05) is 6.61 Å². The van der Waals surface area contributed by atoms with Gasteiger partial charge in [0.15, 0.2) is 0 Å². The fourth-order valence-electron chi connectivity index (χ4n) is 2.00. The lowest BCUT2D eigenvalue weighted by Crippen LogP contribution is -2.33. The van der Waals surface area contributed by atoms with E-state index in [0.29, 0.717) is 6.42 Å². The second-order valence-corrected chi connectivity index (χ2v) is 4.06. The van der Waals surface area contributed by atoms with Crippen molar-refractivity contribution in [1.82, 2.24) is 9.55 Å². The van der Waals surface area contributed by atoms with Crippen LogP contribution in [0.25, 0.3) is 0 Å². The quantitative estimate of drug-likeness (QED) is 0.708. The highest BCUT2D eigenvalue weighted by molar-refractivity contribution is 4.87. The van der Waals surface area contributed by atoms with Crippen LogP contribution in [0.1, 0.15) is 19.6 Å². The second-order valence-electron chi connectivity index (χ2n) is 4.06. The molecule has 3 atom stereocenters. The summed E-state index contributed by atoms with van der Waals surface area (Å²) in [5.41, 5.74) is -0.909. The van der Waals surface area contributed by atoms with Gasteiger partial charge in [-0.3, -0.25) is 14.3 Å². The monoisotopic (exact) mass is 226 g/mol. The fourth-order valence-corrected chi connectivity index (χ4v) is 2.00. The summed E-state index contributed by atoms with van der Waals surface area (Å²) in [4.78, 5) is 24.6. The molecule has 2 rings (SSSR count). The third-order valence-electron chi connectivity index (χ3n) is 2.78. The van der Waals surface area contributed by atoms with Gasteiger partial charge in [-0.2, -0.15) is 0 Å². The maximum Gasteiger partial charge on any atom is 0.330 e. The lowest BCUT2D eigenvalue weighted by atomic mass is 10.1. The topological polar surface area (TPSA) is 84.3 Å². The van der Waals surface area contributed by atoms with Crippen LogP contribution in [0.5, 0.6) is 0 Å². The smallest absolute Gasteiger partial charge is 0.330 e. The third-order valence-corrected chi connectivity index (χ3v) is 2.78. The highest BCUT2D eigenvalue weighted by Crippen LogP contribution is 2.32. The number of ether oxygens (including phenoxy) is 1. The van der Waals surface area contributed by atoms with Gasteiger partial charge < -0.3 is 9.84 Å². The first kappa shape index (κ1) is 11.1. The van der Waals surface area contributed by atoms with Crippen molar-refractivity contribution in [2.24, 2.45) is 5.92 Å². The molecule has 88 valence electrons. The molecule has 1 aromatic rings. The van der Waals surface area contributed by atoms with Crippen molar-refractivity contribution >= 4 is 0 Å². The van der Waals surface area contributed by atoms with Crippen LogP contribution in [-0.2, 0) is 4.74 Å². The molecule has 6 nitrogen and oxygen atoms in total. The van der Waals surface area contributed by atoms with Crippen LogP contribution in [0.2, 0.25) is 0 Å². The Bertz CT molecular complexity index is 478. The van der Waals surface area contributed by atoms with E-state index in [1.165, 1.54) is 16.8 Å². The van der Waals surface area contributed by atoms with E-state index in [4.69, 9.17) is 9.84 Å². The van der Waals surface area contributed by atoms with E-state index in [0.717, 1.165) is 0 Å². The van der Waals surface area contributed by atoms with Gasteiger partial charge in [-0.05, 0) is 6.42 Å². The molecular weight excluding hydrogens is 212 g/mol. The zero-order chi connectivity index (χ0) is 11.7. The SMILES string of the molecule is CC1C[C@@H](CO)O[C@H]1n1ccc(=O)[nH]c1=O. The minimum atomic E-state index is -0.483. The van der Waals surface area contributed by atoms with E-state index in [2.05, 4.69) is 4.98 Å². The molecule has 0 bridgehead atoms. The Hall–Kier alpha value is -1.40. The molecule has 0 aromatic carbocycles. The van der Waals surface area contributed by atoms with Crippen molar-refractivity contribution in [3.63, 3.8) is 0 Å². The van der Waals surface area contributed by atoms with Crippen LogP contribution >= 0.6 is 0 Å². The summed E-state index contributed by atoms with van der Waals surface area (Å²) in [5, 5.41) is 8.99. The predicted molar refractivity (Wildman–Crippen MR) is 56.1 cm³/mol. The molecule has 6 heteroatoms. The summed E-state index contributed by atoms with van der Waals surface area (Å²) in [6.45, 7) is 1.89. The number of hydrogen-bond donors (Lipinski definition) is 2. The van der Waals surface area contributed by atoms with E-state index in [1.807, 2.05) is 6.92 Å². The average molecular weight is 226 g/mol. The molecule has 16 heavy (non-hydrogen) atoms. The van der Waals surface area contributed by atoms with E-state index in [-0.39, 0.29) is 18.6 Å². The standard InChI is InChI=1S/C10H14N2O4/c1-6-4-7(5-13)16-9(6)12-3-2-8(14)11-10(12)15/h2-3,6-7,9,13H,4-5H2,1H3,(H,11,14,15)/t6?,7-,9+/m0/s1. The minimum absolute atomic E-state index is 0.0566. The summed E-state index contributed by atoms with van der Waals surface area (Å²) >= 11 is 0. The van der Waals surface area contributed by atoms with Gasteiger partial charge in [0, 0.05) is 18.2 Å². The van der Waals surface area contributed by atoms with Crippen LogP contribution in [0.15, 0.2) is 21.9 Å². The van der Waals surface area contributed by atoms with Crippen molar-refractivity contribution < 1.29 is 9.84 Å². The van der Waals surface area contributed by atoms with Gasteiger partial charge in [0.2, 0.25) is 0 Å². The van der Waals surface area contributed by atoms with Crippen LogP contribution in [-0.4, -0.2) is 27.4 Å². The molecule has 0 radical (unpaired) electrons. The summed E-state index contributed by atoms with van der Waals surface area (Å²) in [5.74, 6) is 0.126. The number of aliphatic hydroxyl groups is 1. The van der Waals surface area contributed by atoms with Crippen LogP contribution in [0.3, 0.4) is 0 Å².